The van der Waals surface area contributed by atoms with Crippen molar-refractivity contribution in [2.45, 2.75) is 0 Å². The Labute approximate surface area is 192 Å². The molecular weight excluding hydrogens is 453 g/mol. The Hall–Kier alpha value is -3.19. The zero-order valence-electron chi connectivity index (χ0n) is 15.9. The molecule has 0 radical (unpaired) electrons. The Balaban J connectivity index is 1.46. The van der Waals surface area contributed by atoms with Gasteiger partial charge in [-0.2, -0.15) is 0 Å². The molecule has 8 heteroatoms. The smallest absolute Gasteiger partial charge is 0.257 e. The molecule has 0 aliphatic rings. The molecule has 3 aromatic carbocycles. The molecule has 0 fully saturated rings. The summed E-state index contributed by atoms with van der Waals surface area (Å²) in [4.78, 5) is 29.3. The number of hydrogen-bond donors (Lipinski definition) is 2. The van der Waals surface area contributed by atoms with Crippen LogP contribution >= 0.6 is 34.5 Å². The quantitative estimate of drug-likeness (QED) is 0.346. The molecule has 0 atom stereocenters. The van der Waals surface area contributed by atoms with E-state index in [9.17, 15) is 9.59 Å². The molecular formula is C23H15Cl2N3O2S. The lowest BCUT2D eigenvalue weighted by atomic mass is 10.1. The summed E-state index contributed by atoms with van der Waals surface area (Å²) in [5.74, 6) is -0.496. The molecule has 0 saturated heterocycles. The highest BCUT2D eigenvalue weighted by Crippen LogP contribution is 2.27. The summed E-state index contributed by atoms with van der Waals surface area (Å²) in [6.45, 7) is 0. The molecule has 2 amide bonds. The van der Waals surface area contributed by atoms with Gasteiger partial charge in [0.2, 0.25) is 0 Å². The predicted molar refractivity (Wildman–Crippen MR) is 126 cm³/mol. The topological polar surface area (TPSA) is 71.1 Å². The van der Waals surface area contributed by atoms with Crippen LogP contribution < -0.4 is 10.6 Å². The third kappa shape index (κ3) is 5.30. The molecule has 0 spiro atoms. The molecule has 154 valence electrons. The second-order valence-corrected chi connectivity index (χ2v) is 8.27. The number of anilines is 2. The van der Waals surface area contributed by atoms with Crippen molar-refractivity contribution in [3.05, 3.63) is 99.3 Å². The summed E-state index contributed by atoms with van der Waals surface area (Å²) >= 11 is 13.0. The number of carbonyl (C=O) groups is 2. The third-order valence-electron chi connectivity index (χ3n) is 4.35. The molecule has 0 aliphatic heterocycles. The number of benzene rings is 3. The lowest BCUT2D eigenvalue weighted by molar-refractivity contribution is 0.101. The second kappa shape index (κ2) is 9.31. The van der Waals surface area contributed by atoms with Crippen molar-refractivity contribution in [3.63, 3.8) is 0 Å². The van der Waals surface area contributed by atoms with Gasteiger partial charge in [-0.3, -0.25) is 14.9 Å². The van der Waals surface area contributed by atoms with Gasteiger partial charge in [0, 0.05) is 37.8 Å². The molecule has 31 heavy (non-hydrogen) atoms. The Morgan fingerprint density at radius 1 is 0.774 bits per heavy atom. The van der Waals surface area contributed by atoms with E-state index in [4.69, 9.17) is 23.2 Å². The number of halogens is 2. The van der Waals surface area contributed by atoms with E-state index in [1.165, 1.54) is 11.3 Å². The van der Waals surface area contributed by atoms with E-state index in [0.717, 1.165) is 5.56 Å². The van der Waals surface area contributed by atoms with Crippen molar-refractivity contribution in [3.8, 4) is 11.3 Å². The van der Waals surface area contributed by atoms with E-state index < -0.39 is 0 Å². The summed E-state index contributed by atoms with van der Waals surface area (Å²) in [5.41, 5.74) is 3.15. The monoisotopic (exact) mass is 467 g/mol. The highest BCUT2D eigenvalue weighted by atomic mass is 35.5. The van der Waals surface area contributed by atoms with E-state index in [0.29, 0.717) is 37.7 Å². The van der Waals surface area contributed by atoms with Crippen molar-refractivity contribution in [1.29, 1.82) is 0 Å². The van der Waals surface area contributed by atoms with E-state index in [1.54, 1.807) is 54.6 Å². The van der Waals surface area contributed by atoms with Crippen LogP contribution in [-0.2, 0) is 0 Å². The first-order valence-corrected chi connectivity index (χ1v) is 10.8. The van der Waals surface area contributed by atoms with Crippen molar-refractivity contribution in [2.24, 2.45) is 0 Å². The predicted octanol–water partition coefficient (Wildman–Crippen LogP) is 6.62. The number of aromatic nitrogens is 1. The number of rotatable bonds is 5. The van der Waals surface area contributed by atoms with Crippen LogP contribution in [0.5, 0.6) is 0 Å². The van der Waals surface area contributed by atoms with Crippen LogP contribution in [0.4, 0.5) is 10.8 Å². The van der Waals surface area contributed by atoms with Gasteiger partial charge in [0.15, 0.2) is 5.13 Å². The van der Waals surface area contributed by atoms with Crippen LogP contribution in [-0.4, -0.2) is 16.8 Å². The van der Waals surface area contributed by atoms with Gasteiger partial charge in [-0.15, -0.1) is 11.3 Å². The minimum Gasteiger partial charge on any atom is -0.322 e. The Morgan fingerprint density at radius 2 is 1.35 bits per heavy atom. The fraction of sp³-hybridized carbons (Fsp3) is 0. The lowest BCUT2D eigenvalue weighted by Gasteiger charge is -2.07. The summed E-state index contributed by atoms with van der Waals surface area (Å²) in [6, 6.07) is 20.6. The first-order chi connectivity index (χ1) is 15.0. The largest absolute Gasteiger partial charge is 0.322 e. The van der Waals surface area contributed by atoms with Crippen LogP contribution in [0.25, 0.3) is 11.3 Å². The number of nitrogens with zero attached hydrogens (tertiary/aromatic N) is 1. The Morgan fingerprint density at radius 3 is 1.97 bits per heavy atom. The summed E-state index contributed by atoms with van der Waals surface area (Å²) in [5, 5.41) is 9.11. The second-order valence-electron chi connectivity index (χ2n) is 6.54. The molecule has 2 N–H and O–H groups in total. The van der Waals surface area contributed by atoms with Gasteiger partial charge < -0.3 is 5.32 Å². The maximum Gasteiger partial charge on any atom is 0.257 e. The Kier molecular flexibility index (Phi) is 6.32. The average Bonchev–Trinajstić information content (AvgIpc) is 3.23. The van der Waals surface area contributed by atoms with E-state index in [1.807, 2.05) is 23.6 Å². The normalized spacial score (nSPS) is 10.5. The van der Waals surface area contributed by atoms with Crippen LogP contribution in [0.15, 0.2) is 78.2 Å². The van der Waals surface area contributed by atoms with E-state index >= 15 is 0 Å². The molecule has 1 aromatic heterocycles. The highest BCUT2D eigenvalue weighted by Gasteiger charge is 2.11. The molecule has 0 aliphatic carbocycles. The Bertz CT molecular complexity index is 1240. The molecule has 1 heterocycles. The maximum atomic E-state index is 12.4. The highest BCUT2D eigenvalue weighted by molar-refractivity contribution is 7.14. The average molecular weight is 468 g/mol. The SMILES string of the molecule is O=C(Nc1cccc(-c2csc(NC(=O)c3ccc(Cl)cc3)n2)c1)c1ccc(Cl)cc1. The van der Waals surface area contributed by atoms with Gasteiger partial charge in [-0.25, -0.2) is 4.98 Å². The van der Waals surface area contributed by atoms with Gasteiger partial charge in [0.25, 0.3) is 11.8 Å². The molecule has 0 bridgehead atoms. The summed E-state index contributed by atoms with van der Waals surface area (Å²) in [6.07, 6.45) is 0. The van der Waals surface area contributed by atoms with Crippen molar-refractivity contribution in [1.82, 2.24) is 4.98 Å². The number of carbonyl (C=O) groups excluding carboxylic acids is 2. The fourth-order valence-corrected chi connectivity index (χ4v) is 3.76. The fourth-order valence-electron chi connectivity index (χ4n) is 2.80. The van der Waals surface area contributed by atoms with Crippen molar-refractivity contribution < 1.29 is 9.59 Å². The van der Waals surface area contributed by atoms with Crippen LogP contribution in [0.3, 0.4) is 0 Å². The molecule has 4 rings (SSSR count). The van der Waals surface area contributed by atoms with Gasteiger partial charge >= 0.3 is 0 Å². The number of amides is 2. The number of hydrogen-bond acceptors (Lipinski definition) is 4. The van der Waals surface area contributed by atoms with Crippen molar-refractivity contribution >= 4 is 57.2 Å². The third-order valence-corrected chi connectivity index (χ3v) is 5.62. The maximum absolute atomic E-state index is 12.4. The van der Waals surface area contributed by atoms with E-state index in [2.05, 4.69) is 15.6 Å². The minimum absolute atomic E-state index is 0.233. The van der Waals surface area contributed by atoms with E-state index in [-0.39, 0.29) is 11.8 Å². The standard InChI is InChI=1S/C23H15Cl2N3O2S/c24-17-8-4-14(5-9-17)21(29)26-19-3-1-2-16(12-19)20-13-31-23(27-20)28-22(30)15-6-10-18(25)11-7-15/h1-13H,(H,26,29)(H,27,28,30). The zero-order chi connectivity index (χ0) is 21.8. The first kappa shape index (κ1) is 21.1. The number of thiazole rings is 1. The minimum atomic E-state index is -0.262. The molecule has 5 nitrogen and oxygen atoms in total. The van der Waals surface area contributed by atoms with Gasteiger partial charge in [-0.1, -0.05) is 35.3 Å². The summed E-state index contributed by atoms with van der Waals surface area (Å²) < 4.78 is 0. The van der Waals surface area contributed by atoms with Gasteiger partial charge in [0.1, 0.15) is 0 Å². The lowest BCUT2D eigenvalue weighted by Crippen LogP contribution is -2.11. The van der Waals surface area contributed by atoms with Crippen LogP contribution in [0.1, 0.15) is 20.7 Å². The molecule has 0 unspecified atom stereocenters. The van der Waals surface area contributed by atoms with Crippen LogP contribution in [0, 0.1) is 0 Å². The summed E-state index contributed by atoms with van der Waals surface area (Å²) in [7, 11) is 0. The van der Waals surface area contributed by atoms with Crippen LogP contribution in [0.2, 0.25) is 10.0 Å². The zero-order valence-corrected chi connectivity index (χ0v) is 18.3. The molecule has 0 saturated carbocycles. The van der Waals surface area contributed by atoms with Crippen molar-refractivity contribution in [2.75, 3.05) is 10.6 Å². The van der Waals surface area contributed by atoms with Gasteiger partial charge in [0.05, 0.1) is 5.69 Å². The first-order valence-electron chi connectivity index (χ1n) is 9.18. The number of nitrogens with one attached hydrogen (secondary N) is 2. The molecule has 4 aromatic rings. The van der Waals surface area contributed by atoms with Gasteiger partial charge in [-0.05, 0) is 60.7 Å².